The lowest BCUT2D eigenvalue weighted by Gasteiger charge is -2.06. The first-order valence-corrected chi connectivity index (χ1v) is 5.54. The number of anilines is 1. The highest BCUT2D eigenvalue weighted by Gasteiger charge is 2.11. The Labute approximate surface area is 98.7 Å². The molecule has 3 rings (SSSR count). The van der Waals surface area contributed by atoms with Crippen molar-refractivity contribution in [2.45, 2.75) is 26.7 Å². The molecule has 0 atom stereocenters. The number of hydrogen-bond donors (Lipinski definition) is 1. The summed E-state index contributed by atoms with van der Waals surface area (Å²) in [5, 5.41) is 10.9. The molecule has 1 aliphatic heterocycles. The summed E-state index contributed by atoms with van der Waals surface area (Å²) in [7, 11) is 0. The van der Waals surface area contributed by atoms with E-state index in [1.165, 1.54) is 11.1 Å². The van der Waals surface area contributed by atoms with Crippen molar-refractivity contribution >= 4 is 5.69 Å². The molecule has 2 aromatic rings. The second-order valence-corrected chi connectivity index (χ2v) is 4.13. The molecule has 0 unspecified atom stereocenters. The second-order valence-electron chi connectivity index (χ2n) is 4.13. The minimum atomic E-state index is 0.620. The molecule has 0 amide bonds. The maximum Gasteiger partial charge on any atom is 0.127 e. The maximum absolute atomic E-state index is 5.37. The Hall–Kier alpha value is -1.88. The van der Waals surface area contributed by atoms with E-state index < -0.39 is 0 Å². The lowest BCUT2D eigenvalue weighted by atomic mass is 10.1. The number of benzene rings is 1. The van der Waals surface area contributed by atoms with Crippen LogP contribution in [0.5, 0.6) is 0 Å². The zero-order chi connectivity index (χ0) is 11.7. The van der Waals surface area contributed by atoms with E-state index in [4.69, 9.17) is 4.74 Å². The molecule has 1 aliphatic rings. The van der Waals surface area contributed by atoms with Gasteiger partial charge in [0.2, 0.25) is 0 Å². The molecule has 0 spiro atoms. The van der Waals surface area contributed by atoms with Crippen LogP contribution in [0.25, 0.3) is 0 Å². The Balaban J connectivity index is 1.72. The molecular formula is C12H13N3O2. The van der Waals surface area contributed by atoms with Gasteiger partial charge >= 0.3 is 0 Å². The molecule has 88 valence electrons. The summed E-state index contributed by atoms with van der Waals surface area (Å²) < 4.78 is 10.0. The lowest BCUT2D eigenvalue weighted by Crippen LogP contribution is -2.01. The van der Waals surface area contributed by atoms with E-state index in [9.17, 15) is 0 Å². The smallest absolute Gasteiger partial charge is 0.127 e. The van der Waals surface area contributed by atoms with Crippen LogP contribution >= 0.6 is 0 Å². The zero-order valence-electron chi connectivity index (χ0n) is 9.56. The van der Waals surface area contributed by atoms with Gasteiger partial charge in [-0.05, 0) is 30.2 Å². The van der Waals surface area contributed by atoms with Gasteiger partial charge in [0, 0.05) is 5.69 Å². The van der Waals surface area contributed by atoms with Gasteiger partial charge in [-0.15, -0.1) is 0 Å². The first kappa shape index (κ1) is 10.3. The van der Waals surface area contributed by atoms with Crippen LogP contribution in [0.2, 0.25) is 0 Å². The zero-order valence-corrected chi connectivity index (χ0v) is 9.56. The topological polar surface area (TPSA) is 60.2 Å². The number of ether oxygens (including phenoxy) is 1. The van der Waals surface area contributed by atoms with Crippen molar-refractivity contribution in [2.75, 3.05) is 5.32 Å². The van der Waals surface area contributed by atoms with Crippen LogP contribution < -0.4 is 5.32 Å². The van der Waals surface area contributed by atoms with Crippen molar-refractivity contribution in [2.24, 2.45) is 0 Å². The Morgan fingerprint density at radius 2 is 2.12 bits per heavy atom. The largest absolute Gasteiger partial charge is 0.379 e. The van der Waals surface area contributed by atoms with Crippen molar-refractivity contribution in [3.8, 4) is 0 Å². The van der Waals surface area contributed by atoms with Crippen LogP contribution in [0.3, 0.4) is 0 Å². The van der Waals surface area contributed by atoms with E-state index >= 15 is 0 Å². The molecule has 0 bridgehead atoms. The van der Waals surface area contributed by atoms with E-state index in [-0.39, 0.29) is 0 Å². The first-order valence-electron chi connectivity index (χ1n) is 5.54. The number of nitrogens with one attached hydrogen (secondary N) is 1. The Morgan fingerprint density at radius 1 is 1.24 bits per heavy atom. The summed E-state index contributed by atoms with van der Waals surface area (Å²) in [6, 6.07) is 6.26. The third-order valence-electron chi connectivity index (χ3n) is 2.93. The molecule has 1 N–H and O–H groups in total. The van der Waals surface area contributed by atoms with Crippen LogP contribution in [0, 0.1) is 6.92 Å². The van der Waals surface area contributed by atoms with E-state index in [1.807, 2.05) is 6.92 Å². The van der Waals surface area contributed by atoms with E-state index in [0.717, 1.165) is 23.7 Å². The van der Waals surface area contributed by atoms with E-state index in [1.54, 1.807) is 0 Å². The second kappa shape index (κ2) is 4.18. The van der Waals surface area contributed by atoms with Gasteiger partial charge in [0.1, 0.15) is 11.4 Å². The van der Waals surface area contributed by atoms with Crippen molar-refractivity contribution in [1.82, 2.24) is 10.3 Å². The fourth-order valence-corrected chi connectivity index (χ4v) is 1.88. The molecule has 0 fully saturated rings. The maximum atomic E-state index is 5.37. The average molecular weight is 231 g/mol. The average Bonchev–Trinajstić information content (AvgIpc) is 2.94. The SMILES string of the molecule is Cc1nonc1CNc1ccc2c(c1)COC2. The number of aromatic nitrogens is 2. The van der Waals surface area contributed by atoms with Crippen LogP contribution in [0.4, 0.5) is 5.69 Å². The summed E-state index contributed by atoms with van der Waals surface area (Å²) in [5.41, 5.74) is 5.25. The highest BCUT2D eigenvalue weighted by molar-refractivity contribution is 5.49. The van der Waals surface area contributed by atoms with E-state index in [0.29, 0.717) is 13.2 Å². The van der Waals surface area contributed by atoms with Crippen molar-refractivity contribution in [1.29, 1.82) is 0 Å². The van der Waals surface area contributed by atoms with Crippen molar-refractivity contribution in [3.63, 3.8) is 0 Å². The summed E-state index contributed by atoms with van der Waals surface area (Å²) in [6.07, 6.45) is 0. The van der Waals surface area contributed by atoms with Crippen LogP contribution in [-0.2, 0) is 24.5 Å². The molecular weight excluding hydrogens is 218 g/mol. The van der Waals surface area contributed by atoms with Gasteiger partial charge in [-0.3, -0.25) is 0 Å². The minimum absolute atomic E-state index is 0.620. The van der Waals surface area contributed by atoms with Gasteiger partial charge in [0.05, 0.1) is 19.8 Å². The predicted molar refractivity (Wildman–Crippen MR) is 61.3 cm³/mol. The van der Waals surface area contributed by atoms with Gasteiger partial charge < -0.3 is 10.1 Å². The monoisotopic (exact) mass is 231 g/mol. The molecule has 0 radical (unpaired) electrons. The third-order valence-corrected chi connectivity index (χ3v) is 2.93. The number of hydrogen-bond acceptors (Lipinski definition) is 5. The molecule has 5 nitrogen and oxygen atoms in total. The summed E-state index contributed by atoms with van der Waals surface area (Å²) in [6.45, 7) is 3.93. The molecule has 1 aromatic carbocycles. The Morgan fingerprint density at radius 3 is 2.94 bits per heavy atom. The fourth-order valence-electron chi connectivity index (χ4n) is 1.88. The molecule has 2 heterocycles. The quantitative estimate of drug-likeness (QED) is 0.875. The molecule has 0 aliphatic carbocycles. The number of nitrogens with zero attached hydrogens (tertiary/aromatic N) is 2. The van der Waals surface area contributed by atoms with Crippen molar-refractivity contribution < 1.29 is 9.37 Å². The number of aryl methyl sites for hydroxylation is 1. The van der Waals surface area contributed by atoms with E-state index in [2.05, 4.69) is 38.5 Å². The number of rotatable bonds is 3. The van der Waals surface area contributed by atoms with Crippen LogP contribution in [-0.4, -0.2) is 10.3 Å². The van der Waals surface area contributed by atoms with Gasteiger partial charge in [0.15, 0.2) is 0 Å². The minimum Gasteiger partial charge on any atom is -0.379 e. The molecule has 1 aromatic heterocycles. The Bertz CT molecular complexity index is 536. The lowest BCUT2D eigenvalue weighted by molar-refractivity contribution is 0.134. The summed E-state index contributed by atoms with van der Waals surface area (Å²) in [5.74, 6) is 0. The normalized spacial score (nSPS) is 13.7. The standard InChI is InChI=1S/C12H13N3O2/c1-8-12(15-17-14-8)5-13-11-3-2-9-6-16-7-10(9)4-11/h2-4,13H,5-7H2,1H3. The molecule has 17 heavy (non-hydrogen) atoms. The van der Waals surface area contributed by atoms with Gasteiger partial charge in [-0.1, -0.05) is 16.4 Å². The van der Waals surface area contributed by atoms with Crippen molar-refractivity contribution in [3.05, 3.63) is 40.7 Å². The molecule has 5 heteroatoms. The van der Waals surface area contributed by atoms with Gasteiger partial charge in [-0.2, -0.15) is 0 Å². The highest BCUT2D eigenvalue weighted by Crippen LogP contribution is 2.23. The third kappa shape index (κ3) is 2.01. The highest BCUT2D eigenvalue weighted by atomic mass is 16.6. The summed E-state index contributed by atoms with van der Waals surface area (Å²) in [4.78, 5) is 0. The van der Waals surface area contributed by atoms with Gasteiger partial charge in [0.25, 0.3) is 0 Å². The summed E-state index contributed by atoms with van der Waals surface area (Å²) >= 11 is 0. The Kier molecular flexibility index (Phi) is 2.53. The fraction of sp³-hybridized carbons (Fsp3) is 0.333. The predicted octanol–water partition coefficient (Wildman–Crippen LogP) is 2.02. The first-order chi connectivity index (χ1) is 8.33. The number of fused-ring (bicyclic) bond motifs is 1. The van der Waals surface area contributed by atoms with Crippen LogP contribution in [0.1, 0.15) is 22.5 Å². The molecule has 0 saturated carbocycles. The van der Waals surface area contributed by atoms with Gasteiger partial charge in [-0.25, -0.2) is 4.63 Å². The van der Waals surface area contributed by atoms with Crippen LogP contribution in [0.15, 0.2) is 22.8 Å². The molecule has 0 saturated heterocycles.